The van der Waals surface area contributed by atoms with E-state index in [-0.39, 0.29) is 5.82 Å². The molecule has 0 fully saturated rings. The largest absolute Gasteiger partial charge is 0.497 e. The van der Waals surface area contributed by atoms with Crippen molar-refractivity contribution in [3.63, 3.8) is 0 Å². The molecule has 2 aromatic carbocycles. The second kappa shape index (κ2) is 6.49. The fourth-order valence-corrected chi connectivity index (χ4v) is 3.31. The van der Waals surface area contributed by atoms with Gasteiger partial charge in [-0.3, -0.25) is 5.43 Å². The number of methoxy groups -OCH3 is 1. The Labute approximate surface area is 148 Å². The Morgan fingerprint density at radius 2 is 1.92 bits per heavy atom. The van der Waals surface area contributed by atoms with Crippen molar-refractivity contribution in [2.24, 2.45) is 10.1 Å². The van der Waals surface area contributed by atoms with Crippen LogP contribution in [0.5, 0.6) is 5.75 Å². The highest BCUT2D eigenvalue weighted by molar-refractivity contribution is 7.12. The van der Waals surface area contributed by atoms with Gasteiger partial charge in [-0.25, -0.2) is 9.38 Å². The number of hydrazone groups is 1. The summed E-state index contributed by atoms with van der Waals surface area (Å²) >= 11 is 1.60. The van der Waals surface area contributed by atoms with Crippen molar-refractivity contribution in [3.8, 4) is 5.75 Å². The summed E-state index contributed by atoms with van der Waals surface area (Å²) in [6.45, 7) is 0. The molecule has 0 aliphatic carbocycles. The summed E-state index contributed by atoms with van der Waals surface area (Å²) in [5, 5.41) is 6.56. The van der Waals surface area contributed by atoms with Crippen LogP contribution >= 0.6 is 11.3 Å². The lowest BCUT2D eigenvalue weighted by Crippen LogP contribution is -2.19. The van der Waals surface area contributed by atoms with Gasteiger partial charge in [0.25, 0.3) is 0 Å². The van der Waals surface area contributed by atoms with Gasteiger partial charge in [0, 0.05) is 11.1 Å². The number of fused-ring (bicyclic) bond motifs is 1. The molecule has 124 valence electrons. The number of halogens is 1. The Balaban J connectivity index is 1.86. The number of rotatable bonds is 3. The molecule has 25 heavy (non-hydrogen) atoms. The van der Waals surface area contributed by atoms with E-state index in [9.17, 15) is 4.39 Å². The number of nitrogens with zero attached hydrogens (tertiary/aromatic N) is 2. The molecule has 0 radical (unpaired) electrons. The minimum absolute atomic E-state index is 0.286. The van der Waals surface area contributed by atoms with E-state index in [0.29, 0.717) is 5.84 Å². The molecule has 1 N–H and O–H groups in total. The molecule has 6 heteroatoms. The fraction of sp³-hybridized carbons (Fsp3) is 0.0526. The van der Waals surface area contributed by atoms with Crippen molar-refractivity contribution in [3.05, 3.63) is 81.8 Å². The van der Waals surface area contributed by atoms with Crippen LogP contribution in [0.3, 0.4) is 0 Å². The normalized spacial score (nSPS) is 13.2. The highest BCUT2D eigenvalue weighted by atomic mass is 32.1. The molecule has 4 nitrogen and oxygen atoms in total. The van der Waals surface area contributed by atoms with Crippen LogP contribution in [-0.2, 0) is 0 Å². The van der Waals surface area contributed by atoms with Gasteiger partial charge in [0.05, 0.1) is 17.7 Å². The van der Waals surface area contributed by atoms with Crippen LogP contribution in [0.4, 0.5) is 10.1 Å². The molecule has 2 heterocycles. The first kappa shape index (κ1) is 15.5. The first-order valence-electron chi connectivity index (χ1n) is 7.65. The summed E-state index contributed by atoms with van der Waals surface area (Å²) in [6, 6.07) is 15.8. The lowest BCUT2D eigenvalue weighted by molar-refractivity contribution is 0.415. The van der Waals surface area contributed by atoms with Crippen molar-refractivity contribution >= 4 is 28.6 Å². The SMILES string of the molecule is COc1ccc2c(c1)C(c1cccs1)=NNC(c1ccc(F)cc1)=N2. The summed E-state index contributed by atoms with van der Waals surface area (Å²) in [4.78, 5) is 5.72. The minimum atomic E-state index is -0.286. The average Bonchev–Trinajstić information content (AvgIpc) is 3.10. The zero-order valence-corrected chi connectivity index (χ0v) is 14.2. The number of benzene rings is 2. The van der Waals surface area contributed by atoms with Crippen LogP contribution < -0.4 is 10.2 Å². The van der Waals surface area contributed by atoms with Gasteiger partial charge in [-0.05, 0) is 53.9 Å². The smallest absolute Gasteiger partial charge is 0.154 e. The van der Waals surface area contributed by atoms with Crippen molar-refractivity contribution < 1.29 is 9.13 Å². The van der Waals surface area contributed by atoms with Crippen LogP contribution in [0.1, 0.15) is 16.0 Å². The van der Waals surface area contributed by atoms with Crippen molar-refractivity contribution in [2.45, 2.75) is 0 Å². The molecular formula is C19H14FN3OS. The monoisotopic (exact) mass is 351 g/mol. The van der Waals surface area contributed by atoms with Gasteiger partial charge in [0.2, 0.25) is 0 Å². The van der Waals surface area contributed by atoms with E-state index in [1.807, 2.05) is 35.7 Å². The van der Waals surface area contributed by atoms with Crippen LogP contribution in [0.2, 0.25) is 0 Å². The maximum absolute atomic E-state index is 13.2. The Bertz CT molecular complexity index is 963. The summed E-state index contributed by atoms with van der Waals surface area (Å²) in [6.07, 6.45) is 0. The molecule has 1 aliphatic heterocycles. The fourth-order valence-electron chi connectivity index (χ4n) is 2.58. The standard InChI is InChI=1S/C19H14FN3OS/c1-24-14-8-9-16-15(11-14)18(17-3-2-10-25-17)22-23-19(21-16)12-4-6-13(20)7-5-12/h2-11H,1H3,(H,21,23). The molecule has 0 bridgehead atoms. The molecule has 3 aromatic rings. The number of amidine groups is 1. The highest BCUT2D eigenvalue weighted by Crippen LogP contribution is 2.30. The molecule has 0 atom stereocenters. The van der Waals surface area contributed by atoms with Gasteiger partial charge < -0.3 is 4.74 Å². The molecule has 0 unspecified atom stereocenters. The number of thiophene rings is 1. The van der Waals surface area contributed by atoms with Gasteiger partial charge >= 0.3 is 0 Å². The summed E-state index contributed by atoms with van der Waals surface area (Å²) < 4.78 is 18.6. The average molecular weight is 351 g/mol. The molecule has 4 rings (SSSR count). The maximum atomic E-state index is 13.2. The number of nitrogens with one attached hydrogen (secondary N) is 1. The number of hydrogen-bond donors (Lipinski definition) is 1. The van der Waals surface area contributed by atoms with E-state index in [1.165, 1.54) is 12.1 Å². The van der Waals surface area contributed by atoms with Gasteiger partial charge in [-0.1, -0.05) is 6.07 Å². The molecule has 1 aliphatic rings. The molecular weight excluding hydrogens is 337 g/mol. The molecule has 0 saturated carbocycles. The molecule has 1 aromatic heterocycles. The number of aliphatic imine (C=N–C) groups is 1. The third kappa shape index (κ3) is 3.04. The number of ether oxygens (including phenoxy) is 1. The first-order valence-corrected chi connectivity index (χ1v) is 8.53. The third-order valence-corrected chi connectivity index (χ3v) is 4.71. The van der Waals surface area contributed by atoms with E-state index in [0.717, 1.165) is 33.2 Å². The Morgan fingerprint density at radius 1 is 1.08 bits per heavy atom. The summed E-state index contributed by atoms with van der Waals surface area (Å²) in [7, 11) is 1.63. The van der Waals surface area contributed by atoms with Crippen LogP contribution in [0, 0.1) is 5.82 Å². The molecule has 0 spiro atoms. The second-order valence-electron chi connectivity index (χ2n) is 5.40. The second-order valence-corrected chi connectivity index (χ2v) is 6.35. The lowest BCUT2D eigenvalue weighted by atomic mass is 10.1. The van der Waals surface area contributed by atoms with Crippen molar-refractivity contribution in [1.82, 2.24) is 5.43 Å². The van der Waals surface area contributed by atoms with Crippen LogP contribution in [-0.4, -0.2) is 18.7 Å². The molecule has 0 amide bonds. The van der Waals surface area contributed by atoms with Crippen LogP contribution in [0.15, 0.2) is 70.1 Å². The first-order chi connectivity index (χ1) is 12.2. The van der Waals surface area contributed by atoms with Gasteiger partial charge in [-0.15, -0.1) is 11.3 Å². The summed E-state index contributed by atoms with van der Waals surface area (Å²) in [5.74, 6) is 1.02. The van der Waals surface area contributed by atoms with Gasteiger partial charge in [0.1, 0.15) is 17.3 Å². The zero-order chi connectivity index (χ0) is 17.2. The predicted octanol–water partition coefficient (Wildman–Crippen LogP) is 4.33. The van der Waals surface area contributed by atoms with Gasteiger partial charge in [-0.2, -0.15) is 5.10 Å². The number of hydrogen-bond acceptors (Lipinski definition) is 5. The third-order valence-electron chi connectivity index (χ3n) is 3.84. The minimum Gasteiger partial charge on any atom is -0.497 e. The van der Waals surface area contributed by atoms with Crippen molar-refractivity contribution in [2.75, 3.05) is 7.11 Å². The Morgan fingerprint density at radius 3 is 2.64 bits per heavy atom. The van der Waals surface area contributed by atoms with E-state index in [4.69, 9.17) is 9.73 Å². The topological polar surface area (TPSA) is 46.0 Å². The Hall–Kier alpha value is -2.99. The van der Waals surface area contributed by atoms with E-state index in [1.54, 1.807) is 30.6 Å². The maximum Gasteiger partial charge on any atom is 0.154 e. The van der Waals surface area contributed by atoms with E-state index >= 15 is 0 Å². The van der Waals surface area contributed by atoms with E-state index in [2.05, 4.69) is 10.5 Å². The zero-order valence-electron chi connectivity index (χ0n) is 13.4. The summed E-state index contributed by atoms with van der Waals surface area (Å²) in [5.41, 5.74) is 6.24. The quantitative estimate of drug-likeness (QED) is 0.763. The molecule has 0 saturated heterocycles. The van der Waals surface area contributed by atoms with Crippen LogP contribution in [0.25, 0.3) is 0 Å². The predicted molar refractivity (Wildman–Crippen MR) is 98.7 cm³/mol. The highest BCUT2D eigenvalue weighted by Gasteiger charge is 2.18. The van der Waals surface area contributed by atoms with Crippen molar-refractivity contribution in [1.29, 1.82) is 0 Å². The lowest BCUT2D eigenvalue weighted by Gasteiger charge is -2.07. The Kier molecular flexibility index (Phi) is 4.03. The van der Waals surface area contributed by atoms with Gasteiger partial charge in [0.15, 0.2) is 5.84 Å². The van der Waals surface area contributed by atoms with E-state index < -0.39 is 0 Å².